The normalized spacial score (nSPS) is 11.5. The van der Waals surface area contributed by atoms with Gasteiger partial charge >= 0.3 is 0 Å². The fourth-order valence-corrected chi connectivity index (χ4v) is 3.14. The molecule has 4 rings (SSSR count). The summed E-state index contributed by atoms with van der Waals surface area (Å²) in [6.45, 7) is 2.41. The number of halogens is 1. The van der Waals surface area contributed by atoms with Gasteiger partial charge in [-0.05, 0) is 24.1 Å². The van der Waals surface area contributed by atoms with Gasteiger partial charge in [0, 0.05) is 12.3 Å². The maximum absolute atomic E-state index is 13.3. The molecule has 7 nitrogen and oxygen atoms in total. The van der Waals surface area contributed by atoms with Crippen LogP contribution in [-0.2, 0) is 13.0 Å². The van der Waals surface area contributed by atoms with Gasteiger partial charge in [-0.3, -0.25) is 9.36 Å². The lowest BCUT2D eigenvalue weighted by molar-refractivity contribution is 0.628. The van der Waals surface area contributed by atoms with Crippen molar-refractivity contribution in [2.75, 3.05) is 5.75 Å². The molecule has 0 unspecified atom stereocenters. The van der Waals surface area contributed by atoms with Gasteiger partial charge in [0.05, 0.1) is 11.3 Å². The van der Waals surface area contributed by atoms with Crippen molar-refractivity contribution in [3.63, 3.8) is 0 Å². The van der Waals surface area contributed by atoms with Gasteiger partial charge in [-0.25, -0.2) is 9.37 Å². The molecule has 9 heteroatoms. The first-order valence-electron chi connectivity index (χ1n) is 8.14. The largest absolute Gasteiger partial charge is 0.296 e. The minimum atomic E-state index is -0.314. The third-order valence-electron chi connectivity index (χ3n) is 4.18. The second-order valence-electron chi connectivity index (χ2n) is 5.76. The Bertz CT molecular complexity index is 1170. The topological polar surface area (TPSA) is 78.0 Å². The van der Waals surface area contributed by atoms with Crippen LogP contribution in [0.4, 0.5) is 4.39 Å². The van der Waals surface area contributed by atoms with Crippen LogP contribution in [0.25, 0.3) is 27.9 Å². The molecule has 3 heterocycles. The Hall–Kier alpha value is -2.81. The molecular weight excluding hydrogens is 355 g/mol. The summed E-state index contributed by atoms with van der Waals surface area (Å²) in [5, 5.41) is 12.9. The summed E-state index contributed by atoms with van der Waals surface area (Å²) in [5.74, 6) is 0.199. The monoisotopic (exact) mass is 370 g/mol. The molecule has 0 saturated heterocycles. The van der Waals surface area contributed by atoms with Crippen molar-refractivity contribution < 1.29 is 4.39 Å². The molecule has 0 saturated carbocycles. The van der Waals surface area contributed by atoms with Crippen molar-refractivity contribution in [2.24, 2.45) is 0 Å². The highest BCUT2D eigenvalue weighted by Crippen LogP contribution is 2.28. The second kappa shape index (κ2) is 6.49. The summed E-state index contributed by atoms with van der Waals surface area (Å²) in [6, 6.07) is 6.13. The molecule has 0 fully saturated rings. The van der Waals surface area contributed by atoms with Crippen LogP contribution < -0.4 is 5.56 Å². The molecule has 0 aliphatic heterocycles. The Labute approximate surface area is 152 Å². The van der Waals surface area contributed by atoms with Gasteiger partial charge in [0.2, 0.25) is 0 Å². The lowest BCUT2D eigenvalue weighted by Gasteiger charge is -2.05. The SMILES string of the molecule is CCc1nn2c(nnc3c(=O)n(CCS)cnc32)c1-c1ccc(F)cc1. The maximum Gasteiger partial charge on any atom is 0.283 e. The van der Waals surface area contributed by atoms with Crippen molar-refractivity contribution in [1.29, 1.82) is 0 Å². The van der Waals surface area contributed by atoms with Crippen molar-refractivity contribution in [3.8, 4) is 11.1 Å². The fraction of sp³-hybridized carbons (Fsp3) is 0.235. The number of hydrogen-bond acceptors (Lipinski definition) is 6. The van der Waals surface area contributed by atoms with Crippen molar-refractivity contribution >= 4 is 29.4 Å². The molecule has 0 aliphatic carbocycles. The van der Waals surface area contributed by atoms with E-state index in [9.17, 15) is 9.18 Å². The number of rotatable bonds is 4. The third-order valence-corrected chi connectivity index (χ3v) is 4.38. The van der Waals surface area contributed by atoms with E-state index < -0.39 is 0 Å². The van der Waals surface area contributed by atoms with Crippen LogP contribution in [0.5, 0.6) is 0 Å². The smallest absolute Gasteiger partial charge is 0.283 e. The lowest BCUT2D eigenvalue weighted by Crippen LogP contribution is -2.23. The van der Waals surface area contributed by atoms with E-state index >= 15 is 0 Å². The van der Waals surface area contributed by atoms with Crippen LogP contribution in [0.2, 0.25) is 0 Å². The number of nitrogens with zero attached hydrogens (tertiary/aromatic N) is 6. The molecule has 0 spiro atoms. The van der Waals surface area contributed by atoms with Crippen LogP contribution in [0, 0.1) is 5.82 Å². The molecule has 0 N–H and O–H groups in total. The third kappa shape index (κ3) is 2.55. The van der Waals surface area contributed by atoms with E-state index in [1.807, 2.05) is 6.92 Å². The van der Waals surface area contributed by atoms with E-state index in [0.717, 1.165) is 16.8 Å². The van der Waals surface area contributed by atoms with Crippen LogP contribution in [0.1, 0.15) is 12.6 Å². The van der Waals surface area contributed by atoms with Gasteiger partial charge < -0.3 is 0 Å². The van der Waals surface area contributed by atoms with E-state index in [1.54, 1.807) is 12.1 Å². The first-order valence-corrected chi connectivity index (χ1v) is 8.77. The molecular formula is C17H15FN6OS. The number of benzene rings is 1. The van der Waals surface area contributed by atoms with Crippen LogP contribution in [0.15, 0.2) is 35.4 Å². The summed E-state index contributed by atoms with van der Waals surface area (Å²) >= 11 is 4.14. The standard InChI is InChI=1S/C17H15FN6OS/c1-2-12-13(10-3-5-11(18)6-4-10)15-21-20-14-16(24(15)22-12)19-9-23(7-8-26)17(14)25/h3-6,9,26H,2,7-8H2,1H3. The number of aryl methyl sites for hydroxylation is 2. The summed E-state index contributed by atoms with van der Waals surface area (Å²) in [4.78, 5) is 16.9. The maximum atomic E-state index is 13.3. The molecule has 0 atom stereocenters. The van der Waals surface area contributed by atoms with Gasteiger partial charge in [-0.2, -0.15) is 22.2 Å². The number of hydrogen-bond donors (Lipinski definition) is 1. The van der Waals surface area contributed by atoms with Gasteiger partial charge in [-0.1, -0.05) is 19.1 Å². The zero-order chi connectivity index (χ0) is 18.3. The Kier molecular flexibility index (Phi) is 4.15. The molecule has 0 bridgehead atoms. The predicted octanol–water partition coefficient (Wildman–Crippen LogP) is 2.13. The summed E-state index contributed by atoms with van der Waals surface area (Å²) < 4.78 is 16.3. The molecule has 3 aromatic heterocycles. The summed E-state index contributed by atoms with van der Waals surface area (Å²) in [7, 11) is 0. The van der Waals surface area contributed by atoms with Gasteiger partial charge in [0.15, 0.2) is 16.8 Å². The van der Waals surface area contributed by atoms with Crippen molar-refractivity contribution in [3.05, 3.63) is 52.5 Å². The average molecular weight is 370 g/mol. The first kappa shape index (κ1) is 16.6. The van der Waals surface area contributed by atoms with Crippen LogP contribution >= 0.6 is 12.6 Å². The van der Waals surface area contributed by atoms with Crippen LogP contribution in [-0.4, -0.2) is 35.1 Å². The van der Waals surface area contributed by atoms with Gasteiger partial charge in [0.1, 0.15) is 12.1 Å². The van der Waals surface area contributed by atoms with E-state index in [0.29, 0.717) is 30.0 Å². The molecule has 0 radical (unpaired) electrons. The highest BCUT2D eigenvalue weighted by atomic mass is 32.1. The number of aromatic nitrogens is 6. The summed E-state index contributed by atoms with van der Waals surface area (Å²) in [6.07, 6.45) is 2.11. The molecule has 1 aromatic carbocycles. The Morgan fingerprint density at radius 1 is 1.15 bits per heavy atom. The fourth-order valence-electron chi connectivity index (χ4n) is 2.93. The molecule has 26 heavy (non-hydrogen) atoms. The van der Waals surface area contributed by atoms with E-state index in [2.05, 4.69) is 32.9 Å². The van der Waals surface area contributed by atoms with E-state index in [-0.39, 0.29) is 16.9 Å². The van der Waals surface area contributed by atoms with E-state index in [4.69, 9.17) is 0 Å². The van der Waals surface area contributed by atoms with Gasteiger partial charge in [0.25, 0.3) is 5.56 Å². The zero-order valence-electron chi connectivity index (χ0n) is 13.9. The molecule has 0 aliphatic rings. The predicted molar refractivity (Wildman–Crippen MR) is 99.0 cm³/mol. The minimum absolute atomic E-state index is 0.151. The van der Waals surface area contributed by atoms with E-state index in [1.165, 1.54) is 27.5 Å². The highest BCUT2D eigenvalue weighted by molar-refractivity contribution is 7.80. The Morgan fingerprint density at radius 3 is 2.62 bits per heavy atom. The minimum Gasteiger partial charge on any atom is -0.296 e. The van der Waals surface area contributed by atoms with Crippen LogP contribution in [0.3, 0.4) is 0 Å². The van der Waals surface area contributed by atoms with Gasteiger partial charge in [-0.15, -0.1) is 10.2 Å². The molecule has 4 aromatic rings. The zero-order valence-corrected chi connectivity index (χ0v) is 14.8. The number of thiol groups is 1. The first-order chi connectivity index (χ1) is 12.6. The lowest BCUT2D eigenvalue weighted by atomic mass is 10.0. The quantitative estimate of drug-likeness (QED) is 0.557. The number of fused-ring (bicyclic) bond motifs is 3. The molecule has 0 amide bonds. The highest BCUT2D eigenvalue weighted by Gasteiger charge is 2.19. The Balaban J connectivity index is 2.03. The van der Waals surface area contributed by atoms with Crippen molar-refractivity contribution in [1.82, 2.24) is 29.4 Å². The molecule has 132 valence electrons. The average Bonchev–Trinajstić information content (AvgIpc) is 3.04. The summed E-state index contributed by atoms with van der Waals surface area (Å²) in [5.41, 5.74) is 3.03. The van der Waals surface area contributed by atoms with Crippen molar-refractivity contribution in [2.45, 2.75) is 19.9 Å². The second-order valence-corrected chi connectivity index (χ2v) is 6.20. The Morgan fingerprint density at radius 2 is 1.92 bits per heavy atom.